The number of nitrogens with zero attached hydrogens (tertiary/aromatic N) is 2. The van der Waals surface area contributed by atoms with Gasteiger partial charge in [0.2, 0.25) is 5.91 Å². The Morgan fingerprint density at radius 3 is 2.40 bits per heavy atom. The van der Waals surface area contributed by atoms with Crippen molar-refractivity contribution in [1.29, 1.82) is 5.41 Å². The second-order valence-corrected chi connectivity index (χ2v) is 9.03. The van der Waals surface area contributed by atoms with E-state index in [0.29, 0.717) is 42.9 Å². The van der Waals surface area contributed by atoms with Crippen molar-refractivity contribution < 1.29 is 14.3 Å². The van der Waals surface area contributed by atoms with Gasteiger partial charge in [-0.15, -0.1) is 0 Å². The summed E-state index contributed by atoms with van der Waals surface area (Å²) in [4.78, 5) is 30.7. The Morgan fingerprint density at radius 2 is 1.63 bits per heavy atom. The first kappa shape index (κ1) is 22.7. The Bertz CT molecular complexity index is 1260. The molecular formula is C28H28N4O3. The summed E-state index contributed by atoms with van der Waals surface area (Å²) >= 11 is 0. The molecule has 2 unspecified atom stereocenters. The predicted octanol–water partition coefficient (Wildman–Crippen LogP) is 3.22. The van der Waals surface area contributed by atoms with Gasteiger partial charge in [-0.05, 0) is 41.8 Å². The fourth-order valence-electron chi connectivity index (χ4n) is 4.91. The van der Waals surface area contributed by atoms with Crippen molar-refractivity contribution in [2.75, 3.05) is 13.1 Å². The molecule has 2 atom stereocenters. The smallest absolute Gasteiger partial charge is 0.254 e. The van der Waals surface area contributed by atoms with Gasteiger partial charge in [-0.1, -0.05) is 54.6 Å². The number of fused-ring (bicyclic) bond motifs is 1. The Labute approximate surface area is 204 Å². The van der Waals surface area contributed by atoms with Crippen molar-refractivity contribution in [3.63, 3.8) is 0 Å². The van der Waals surface area contributed by atoms with Gasteiger partial charge in [0.05, 0.1) is 6.54 Å². The van der Waals surface area contributed by atoms with Gasteiger partial charge in [0.15, 0.2) is 0 Å². The maximum absolute atomic E-state index is 13.7. The van der Waals surface area contributed by atoms with E-state index in [2.05, 4.69) is 12.1 Å². The van der Waals surface area contributed by atoms with E-state index in [1.165, 1.54) is 5.56 Å². The lowest BCUT2D eigenvalue weighted by molar-refractivity contribution is -0.136. The molecule has 0 spiro atoms. The van der Waals surface area contributed by atoms with Crippen molar-refractivity contribution in [1.82, 2.24) is 9.80 Å². The highest BCUT2D eigenvalue weighted by Crippen LogP contribution is 2.28. The number of rotatable bonds is 5. The minimum atomic E-state index is -0.603. The van der Waals surface area contributed by atoms with Gasteiger partial charge in [-0.25, -0.2) is 0 Å². The number of hydrogen-bond donors (Lipinski definition) is 2. The van der Waals surface area contributed by atoms with Crippen LogP contribution in [0.2, 0.25) is 0 Å². The van der Waals surface area contributed by atoms with E-state index in [0.717, 1.165) is 12.0 Å². The van der Waals surface area contributed by atoms with Crippen molar-refractivity contribution in [2.45, 2.75) is 31.5 Å². The summed E-state index contributed by atoms with van der Waals surface area (Å²) in [6.45, 7) is 1.48. The van der Waals surface area contributed by atoms with E-state index >= 15 is 0 Å². The van der Waals surface area contributed by atoms with Gasteiger partial charge in [-0.3, -0.25) is 15.0 Å². The lowest BCUT2D eigenvalue weighted by atomic mass is 9.99. The molecule has 2 heterocycles. The third-order valence-electron chi connectivity index (χ3n) is 6.72. The van der Waals surface area contributed by atoms with Gasteiger partial charge in [-0.2, -0.15) is 0 Å². The maximum atomic E-state index is 13.7. The molecule has 5 rings (SSSR count). The highest BCUT2D eigenvalue weighted by atomic mass is 16.5. The second kappa shape index (κ2) is 9.62. The molecule has 0 bridgehead atoms. The van der Waals surface area contributed by atoms with Crippen molar-refractivity contribution >= 4 is 17.6 Å². The summed E-state index contributed by atoms with van der Waals surface area (Å²) in [5.41, 5.74) is 9.16. The Balaban J connectivity index is 1.38. The van der Waals surface area contributed by atoms with Crippen molar-refractivity contribution in [3.8, 4) is 5.75 Å². The standard InChI is InChI=1S/C28H28N4O3/c29-26(30)21-11-6-12-23(15-21)35-24-16-25(32(18-24)27(33)20-8-2-1-3-9-20)28(34)31-14-13-19-7-4-5-10-22(19)17-31/h1-12,15,24-25H,13-14,16-18H2,(H3,29,30). The van der Waals surface area contributed by atoms with Gasteiger partial charge in [0.1, 0.15) is 23.7 Å². The molecule has 7 nitrogen and oxygen atoms in total. The molecule has 2 aliphatic rings. The van der Waals surface area contributed by atoms with Crippen LogP contribution in [0.3, 0.4) is 0 Å². The van der Waals surface area contributed by atoms with E-state index in [-0.39, 0.29) is 23.8 Å². The molecular weight excluding hydrogens is 440 g/mol. The first-order valence-electron chi connectivity index (χ1n) is 11.8. The van der Waals surface area contributed by atoms with E-state index in [1.54, 1.807) is 41.3 Å². The van der Waals surface area contributed by atoms with Crippen LogP contribution in [-0.4, -0.2) is 52.7 Å². The highest BCUT2D eigenvalue weighted by Gasteiger charge is 2.43. The molecule has 3 aromatic carbocycles. The summed E-state index contributed by atoms with van der Waals surface area (Å²) in [6.07, 6.45) is 0.856. The number of nitrogens with two attached hydrogens (primary N) is 1. The highest BCUT2D eigenvalue weighted by molar-refractivity contribution is 5.98. The van der Waals surface area contributed by atoms with Crippen LogP contribution in [0.15, 0.2) is 78.9 Å². The SMILES string of the molecule is N=C(N)c1cccc(OC2CC(C(=O)N3CCc4ccccc4C3)N(C(=O)c3ccccc3)C2)c1. The fraction of sp³-hybridized carbons (Fsp3) is 0.250. The largest absolute Gasteiger partial charge is 0.488 e. The first-order valence-corrected chi connectivity index (χ1v) is 11.8. The average Bonchev–Trinajstić information content (AvgIpc) is 3.31. The van der Waals surface area contributed by atoms with E-state index in [1.807, 2.05) is 35.2 Å². The molecule has 0 saturated carbocycles. The molecule has 1 saturated heterocycles. The van der Waals surface area contributed by atoms with Crippen LogP contribution in [0.1, 0.15) is 33.5 Å². The predicted molar refractivity (Wildman–Crippen MR) is 133 cm³/mol. The molecule has 2 aliphatic heterocycles. The molecule has 178 valence electrons. The summed E-state index contributed by atoms with van der Waals surface area (Å²) in [5, 5.41) is 7.67. The molecule has 2 amide bonds. The Hall–Kier alpha value is -4.13. The van der Waals surface area contributed by atoms with E-state index < -0.39 is 6.04 Å². The zero-order valence-corrected chi connectivity index (χ0v) is 19.4. The first-order chi connectivity index (χ1) is 17.0. The lowest BCUT2D eigenvalue weighted by Crippen LogP contribution is -2.49. The van der Waals surface area contributed by atoms with E-state index in [4.69, 9.17) is 15.9 Å². The number of ether oxygens (including phenoxy) is 1. The second-order valence-electron chi connectivity index (χ2n) is 9.03. The number of hydrogen-bond acceptors (Lipinski definition) is 4. The average molecular weight is 469 g/mol. The molecule has 0 aromatic heterocycles. The van der Waals surface area contributed by atoms with Gasteiger partial charge in [0, 0.05) is 30.6 Å². The monoisotopic (exact) mass is 468 g/mol. The minimum absolute atomic E-state index is 0.0406. The Morgan fingerprint density at radius 1 is 0.914 bits per heavy atom. The summed E-state index contributed by atoms with van der Waals surface area (Å²) in [5.74, 6) is 0.299. The van der Waals surface area contributed by atoms with Crippen LogP contribution in [0, 0.1) is 5.41 Å². The number of amidine groups is 1. The van der Waals surface area contributed by atoms with Crippen LogP contribution < -0.4 is 10.5 Å². The fourth-order valence-corrected chi connectivity index (χ4v) is 4.91. The van der Waals surface area contributed by atoms with Crippen LogP contribution in [0.4, 0.5) is 0 Å². The number of nitrogen functional groups attached to an aromatic ring is 1. The third-order valence-corrected chi connectivity index (χ3v) is 6.72. The molecule has 0 aliphatic carbocycles. The zero-order valence-electron chi connectivity index (χ0n) is 19.4. The summed E-state index contributed by atoms with van der Waals surface area (Å²) < 4.78 is 6.19. The number of benzene rings is 3. The van der Waals surface area contributed by atoms with Crippen LogP contribution in [-0.2, 0) is 17.8 Å². The quantitative estimate of drug-likeness (QED) is 0.444. The summed E-state index contributed by atoms with van der Waals surface area (Å²) in [6, 6.07) is 23.7. The molecule has 0 radical (unpaired) electrons. The van der Waals surface area contributed by atoms with E-state index in [9.17, 15) is 9.59 Å². The topological polar surface area (TPSA) is 99.7 Å². The van der Waals surface area contributed by atoms with Gasteiger partial charge in [0.25, 0.3) is 5.91 Å². The van der Waals surface area contributed by atoms with Gasteiger partial charge >= 0.3 is 0 Å². The number of likely N-dealkylation sites (tertiary alicyclic amines) is 1. The number of carbonyl (C=O) groups excluding carboxylic acids is 2. The van der Waals surface area contributed by atoms with Crippen LogP contribution >= 0.6 is 0 Å². The van der Waals surface area contributed by atoms with Crippen molar-refractivity contribution in [3.05, 3.63) is 101 Å². The van der Waals surface area contributed by atoms with Crippen LogP contribution in [0.25, 0.3) is 0 Å². The molecule has 3 aromatic rings. The molecule has 7 heteroatoms. The van der Waals surface area contributed by atoms with Crippen LogP contribution in [0.5, 0.6) is 5.75 Å². The minimum Gasteiger partial charge on any atom is -0.488 e. The molecule has 1 fully saturated rings. The molecule has 35 heavy (non-hydrogen) atoms. The lowest BCUT2D eigenvalue weighted by Gasteiger charge is -2.33. The van der Waals surface area contributed by atoms with Gasteiger partial charge < -0.3 is 20.3 Å². The number of amides is 2. The number of carbonyl (C=O) groups is 2. The normalized spacial score (nSPS) is 19.2. The molecule has 3 N–H and O–H groups in total. The Kier molecular flexibility index (Phi) is 6.23. The summed E-state index contributed by atoms with van der Waals surface area (Å²) in [7, 11) is 0. The maximum Gasteiger partial charge on any atom is 0.254 e. The zero-order chi connectivity index (χ0) is 24.4. The third kappa shape index (κ3) is 4.75. The van der Waals surface area contributed by atoms with Crippen molar-refractivity contribution in [2.24, 2.45) is 5.73 Å². The number of nitrogens with one attached hydrogen (secondary N) is 1.